The molecule has 0 saturated carbocycles. The largest absolute Gasteiger partial charge is 0.367 e. The summed E-state index contributed by atoms with van der Waals surface area (Å²) >= 11 is 0. The summed E-state index contributed by atoms with van der Waals surface area (Å²) in [5.41, 5.74) is 5.41. The van der Waals surface area contributed by atoms with Gasteiger partial charge in [0.25, 0.3) is 0 Å². The summed E-state index contributed by atoms with van der Waals surface area (Å²) in [4.78, 5) is 3.71. The fourth-order valence-electron chi connectivity index (χ4n) is 0.852. The Bertz CT molecular complexity index is 356. The van der Waals surface area contributed by atoms with Gasteiger partial charge in [0.1, 0.15) is 13.2 Å². The van der Waals surface area contributed by atoms with Gasteiger partial charge in [0, 0.05) is 0 Å². The van der Waals surface area contributed by atoms with Crippen molar-refractivity contribution in [1.29, 1.82) is 0 Å². The SMILES string of the molecule is CC(N)c1nc(COCC(F)(F)C(F)F)no1. The molecule has 0 saturated heterocycles. The number of hydrogen-bond acceptors (Lipinski definition) is 5. The van der Waals surface area contributed by atoms with Gasteiger partial charge in [-0.1, -0.05) is 5.16 Å². The maximum atomic E-state index is 12.4. The second-order valence-electron chi connectivity index (χ2n) is 3.39. The molecule has 0 radical (unpaired) electrons. The average molecular weight is 257 g/mol. The predicted octanol–water partition coefficient (Wildman–Crippen LogP) is 1.51. The van der Waals surface area contributed by atoms with Crippen molar-refractivity contribution in [2.24, 2.45) is 5.73 Å². The summed E-state index contributed by atoms with van der Waals surface area (Å²) in [7, 11) is 0. The zero-order valence-corrected chi connectivity index (χ0v) is 8.87. The van der Waals surface area contributed by atoms with E-state index in [-0.39, 0.29) is 11.7 Å². The maximum absolute atomic E-state index is 12.4. The van der Waals surface area contributed by atoms with Crippen LogP contribution in [0.3, 0.4) is 0 Å². The van der Waals surface area contributed by atoms with Crippen LogP contribution in [-0.4, -0.2) is 29.1 Å². The van der Waals surface area contributed by atoms with Crippen LogP contribution in [0.1, 0.15) is 24.7 Å². The van der Waals surface area contributed by atoms with E-state index in [1.54, 1.807) is 6.92 Å². The third-order valence-corrected chi connectivity index (χ3v) is 1.72. The Balaban J connectivity index is 2.41. The lowest BCUT2D eigenvalue weighted by molar-refractivity contribution is -0.168. The Morgan fingerprint density at radius 1 is 1.47 bits per heavy atom. The highest BCUT2D eigenvalue weighted by molar-refractivity contribution is 4.88. The highest BCUT2D eigenvalue weighted by atomic mass is 19.3. The Kier molecular flexibility index (Phi) is 4.40. The molecule has 1 atom stereocenters. The van der Waals surface area contributed by atoms with Crippen molar-refractivity contribution in [3.8, 4) is 0 Å². The maximum Gasteiger partial charge on any atom is 0.330 e. The molecule has 0 bridgehead atoms. The lowest BCUT2D eigenvalue weighted by Gasteiger charge is -2.14. The first-order valence-corrected chi connectivity index (χ1v) is 4.64. The third kappa shape index (κ3) is 3.93. The summed E-state index contributed by atoms with van der Waals surface area (Å²) in [6, 6.07) is -0.501. The number of rotatable bonds is 6. The Morgan fingerprint density at radius 2 is 2.12 bits per heavy atom. The molecule has 17 heavy (non-hydrogen) atoms. The molecule has 9 heteroatoms. The number of nitrogens with zero attached hydrogens (tertiary/aromatic N) is 2. The Hall–Kier alpha value is -1.22. The highest BCUT2D eigenvalue weighted by Gasteiger charge is 2.41. The van der Waals surface area contributed by atoms with Crippen molar-refractivity contribution >= 4 is 0 Å². The van der Waals surface area contributed by atoms with Gasteiger partial charge < -0.3 is 15.0 Å². The van der Waals surface area contributed by atoms with Crippen LogP contribution in [0, 0.1) is 0 Å². The van der Waals surface area contributed by atoms with Crippen LogP contribution < -0.4 is 5.73 Å². The van der Waals surface area contributed by atoms with E-state index < -0.39 is 31.6 Å². The third-order valence-electron chi connectivity index (χ3n) is 1.72. The minimum absolute atomic E-state index is 0.0256. The molecule has 1 aromatic rings. The van der Waals surface area contributed by atoms with Gasteiger partial charge in [0.15, 0.2) is 5.82 Å². The van der Waals surface area contributed by atoms with Crippen LogP contribution in [0.5, 0.6) is 0 Å². The van der Waals surface area contributed by atoms with E-state index in [0.29, 0.717) is 0 Å². The molecular formula is C8H11F4N3O2. The molecule has 1 rings (SSSR count). The number of aromatic nitrogens is 2. The zero-order valence-electron chi connectivity index (χ0n) is 8.87. The van der Waals surface area contributed by atoms with Crippen molar-refractivity contribution in [2.75, 3.05) is 6.61 Å². The summed E-state index contributed by atoms with van der Waals surface area (Å²) in [6.07, 6.45) is -3.77. The molecule has 0 aliphatic carbocycles. The minimum atomic E-state index is -4.19. The number of nitrogens with two attached hydrogens (primary N) is 1. The van der Waals surface area contributed by atoms with Crippen molar-refractivity contribution in [3.63, 3.8) is 0 Å². The summed E-state index contributed by atoms with van der Waals surface area (Å²) in [5.74, 6) is -4.10. The molecule has 0 aliphatic rings. The predicted molar refractivity (Wildman–Crippen MR) is 47.5 cm³/mol. The first-order chi connectivity index (χ1) is 7.83. The smallest absolute Gasteiger partial charge is 0.330 e. The fourth-order valence-corrected chi connectivity index (χ4v) is 0.852. The van der Waals surface area contributed by atoms with E-state index in [1.807, 2.05) is 0 Å². The number of hydrogen-bond donors (Lipinski definition) is 1. The van der Waals surface area contributed by atoms with Crippen LogP contribution in [-0.2, 0) is 11.3 Å². The molecular weight excluding hydrogens is 246 g/mol. The van der Waals surface area contributed by atoms with Gasteiger partial charge >= 0.3 is 12.3 Å². The Morgan fingerprint density at radius 3 is 2.59 bits per heavy atom. The first-order valence-electron chi connectivity index (χ1n) is 4.64. The van der Waals surface area contributed by atoms with Crippen LogP contribution in [0.2, 0.25) is 0 Å². The quantitative estimate of drug-likeness (QED) is 0.782. The number of ether oxygens (including phenoxy) is 1. The van der Waals surface area contributed by atoms with Crippen LogP contribution in [0.25, 0.3) is 0 Å². The second-order valence-corrected chi connectivity index (χ2v) is 3.39. The summed E-state index contributed by atoms with van der Waals surface area (Å²) in [5, 5.41) is 3.38. The standard InChI is InChI=1S/C8H11F4N3O2/c1-4(13)6-14-5(15-17-6)2-16-3-8(11,12)7(9)10/h4,7H,2-3,13H2,1H3. The van der Waals surface area contributed by atoms with Crippen molar-refractivity contribution < 1.29 is 26.8 Å². The molecule has 0 fully saturated rings. The van der Waals surface area contributed by atoms with E-state index in [1.165, 1.54) is 0 Å². The van der Waals surface area contributed by atoms with E-state index >= 15 is 0 Å². The molecule has 1 heterocycles. The number of halogens is 4. The van der Waals surface area contributed by atoms with Crippen molar-refractivity contribution in [2.45, 2.75) is 31.9 Å². The molecule has 0 aromatic carbocycles. The molecule has 0 amide bonds. The van der Waals surface area contributed by atoms with E-state index in [9.17, 15) is 17.6 Å². The lowest BCUT2D eigenvalue weighted by Crippen LogP contribution is -2.32. The minimum Gasteiger partial charge on any atom is -0.367 e. The van der Waals surface area contributed by atoms with Crippen LogP contribution in [0.15, 0.2) is 4.52 Å². The van der Waals surface area contributed by atoms with E-state index in [4.69, 9.17) is 5.73 Å². The van der Waals surface area contributed by atoms with Crippen LogP contribution in [0.4, 0.5) is 17.6 Å². The van der Waals surface area contributed by atoms with Gasteiger partial charge in [-0.15, -0.1) is 0 Å². The first kappa shape index (κ1) is 13.8. The lowest BCUT2D eigenvalue weighted by atomic mass is 10.4. The molecule has 5 nitrogen and oxygen atoms in total. The zero-order chi connectivity index (χ0) is 13.1. The highest BCUT2D eigenvalue weighted by Crippen LogP contribution is 2.23. The van der Waals surface area contributed by atoms with Crippen molar-refractivity contribution in [1.82, 2.24) is 10.1 Å². The molecule has 0 spiro atoms. The molecule has 1 aromatic heterocycles. The van der Waals surface area contributed by atoms with E-state index in [0.717, 1.165) is 0 Å². The molecule has 1 unspecified atom stereocenters. The molecule has 98 valence electrons. The monoisotopic (exact) mass is 257 g/mol. The van der Waals surface area contributed by atoms with Crippen molar-refractivity contribution in [3.05, 3.63) is 11.7 Å². The Labute approximate surface area is 93.9 Å². The average Bonchev–Trinajstić information content (AvgIpc) is 2.66. The molecule has 0 aliphatic heterocycles. The van der Waals surface area contributed by atoms with Crippen LogP contribution >= 0.6 is 0 Å². The van der Waals surface area contributed by atoms with Gasteiger partial charge in [0.2, 0.25) is 5.89 Å². The van der Waals surface area contributed by atoms with E-state index in [2.05, 4.69) is 19.4 Å². The van der Waals surface area contributed by atoms with Gasteiger partial charge in [-0.2, -0.15) is 13.8 Å². The second kappa shape index (κ2) is 5.41. The summed E-state index contributed by atoms with van der Waals surface area (Å²) < 4.78 is 57.4. The normalized spacial score (nSPS) is 14.3. The topological polar surface area (TPSA) is 74.2 Å². The summed E-state index contributed by atoms with van der Waals surface area (Å²) in [6.45, 7) is -0.269. The van der Waals surface area contributed by atoms with Gasteiger partial charge in [-0.3, -0.25) is 0 Å². The molecule has 2 N–H and O–H groups in total. The van der Waals surface area contributed by atoms with Gasteiger partial charge in [-0.25, -0.2) is 8.78 Å². The van der Waals surface area contributed by atoms with Gasteiger partial charge in [-0.05, 0) is 6.92 Å². The fraction of sp³-hybridized carbons (Fsp3) is 0.750. The number of alkyl halides is 4. The van der Waals surface area contributed by atoms with Gasteiger partial charge in [0.05, 0.1) is 6.04 Å².